The normalized spacial score (nSPS) is 20.8. The summed E-state index contributed by atoms with van der Waals surface area (Å²) >= 11 is 0. The zero-order chi connectivity index (χ0) is 15.2. The van der Waals surface area contributed by atoms with E-state index >= 15 is 0 Å². The van der Waals surface area contributed by atoms with Crippen molar-refractivity contribution >= 4 is 5.91 Å². The second-order valence-corrected chi connectivity index (χ2v) is 5.62. The van der Waals surface area contributed by atoms with Gasteiger partial charge < -0.3 is 9.64 Å². The molecule has 21 heavy (non-hydrogen) atoms. The molecule has 4 heteroatoms. The Balaban J connectivity index is 2.17. The maximum atomic E-state index is 12.5. The van der Waals surface area contributed by atoms with E-state index in [1.54, 1.807) is 7.11 Å². The van der Waals surface area contributed by atoms with Gasteiger partial charge in [-0.3, -0.25) is 4.79 Å². The molecular formula is C17H22N2O2. The summed E-state index contributed by atoms with van der Waals surface area (Å²) in [6.45, 7) is 3.04. The second-order valence-electron chi connectivity index (χ2n) is 5.62. The lowest BCUT2D eigenvalue weighted by Crippen LogP contribution is -2.42. The van der Waals surface area contributed by atoms with Crippen molar-refractivity contribution in [2.24, 2.45) is 5.92 Å². The van der Waals surface area contributed by atoms with Crippen molar-refractivity contribution in [1.82, 2.24) is 4.90 Å². The Kier molecular flexibility index (Phi) is 5.35. The first-order chi connectivity index (χ1) is 10.2. The molecule has 3 unspecified atom stereocenters. The van der Waals surface area contributed by atoms with Gasteiger partial charge in [0.1, 0.15) is 0 Å². The predicted octanol–water partition coefficient (Wildman–Crippen LogP) is 2.57. The number of likely N-dealkylation sites (tertiary alicyclic amines) is 1. The van der Waals surface area contributed by atoms with Gasteiger partial charge in [-0.25, -0.2) is 0 Å². The molecular weight excluding hydrogens is 264 g/mol. The van der Waals surface area contributed by atoms with Gasteiger partial charge in [0.25, 0.3) is 0 Å². The average molecular weight is 286 g/mol. The molecule has 1 aliphatic heterocycles. The monoisotopic (exact) mass is 286 g/mol. The van der Waals surface area contributed by atoms with Crippen LogP contribution in [0.2, 0.25) is 0 Å². The fraction of sp³-hybridized carbons (Fsp3) is 0.529. The van der Waals surface area contributed by atoms with Crippen LogP contribution in [0.4, 0.5) is 0 Å². The van der Waals surface area contributed by atoms with Gasteiger partial charge >= 0.3 is 0 Å². The third-order valence-electron chi connectivity index (χ3n) is 4.10. The maximum Gasteiger partial charge on any atom is 0.228 e. The van der Waals surface area contributed by atoms with Crippen LogP contribution in [0.1, 0.15) is 31.2 Å². The molecule has 1 fully saturated rings. The quantitative estimate of drug-likeness (QED) is 0.836. The summed E-state index contributed by atoms with van der Waals surface area (Å²) in [7, 11) is 1.60. The molecule has 4 nitrogen and oxygen atoms in total. The number of nitrogens with zero attached hydrogens (tertiary/aromatic N) is 2. The molecule has 0 radical (unpaired) electrons. The van der Waals surface area contributed by atoms with Crippen molar-refractivity contribution in [1.29, 1.82) is 5.26 Å². The van der Waals surface area contributed by atoms with Gasteiger partial charge in [0, 0.05) is 13.7 Å². The van der Waals surface area contributed by atoms with Gasteiger partial charge in [-0.15, -0.1) is 0 Å². The molecule has 0 aliphatic carbocycles. The average Bonchev–Trinajstić information content (AvgIpc) is 2.98. The zero-order valence-corrected chi connectivity index (χ0v) is 12.7. The molecule has 1 saturated heterocycles. The summed E-state index contributed by atoms with van der Waals surface area (Å²) in [4.78, 5) is 14.4. The van der Waals surface area contributed by atoms with Crippen LogP contribution in [0.25, 0.3) is 0 Å². The molecule has 1 amide bonds. The number of rotatable bonds is 5. The molecule has 112 valence electrons. The van der Waals surface area contributed by atoms with Crippen LogP contribution in [0.15, 0.2) is 30.3 Å². The number of ether oxygens (including phenoxy) is 1. The van der Waals surface area contributed by atoms with Crippen LogP contribution in [0.5, 0.6) is 0 Å². The number of nitriles is 1. The Labute approximate surface area is 126 Å². The highest BCUT2D eigenvalue weighted by atomic mass is 16.5. The van der Waals surface area contributed by atoms with Crippen molar-refractivity contribution in [3.63, 3.8) is 0 Å². The number of methoxy groups -OCH3 is 1. The minimum absolute atomic E-state index is 0.0239. The Hall–Kier alpha value is -1.86. The summed E-state index contributed by atoms with van der Waals surface area (Å²) in [6, 6.07) is 12.1. The van der Waals surface area contributed by atoms with Gasteiger partial charge in [-0.05, 0) is 18.4 Å². The number of benzene rings is 1. The largest absolute Gasteiger partial charge is 0.384 e. The molecule has 0 N–H and O–H groups in total. The van der Waals surface area contributed by atoms with E-state index in [4.69, 9.17) is 4.74 Å². The smallest absolute Gasteiger partial charge is 0.228 e. The Morgan fingerprint density at radius 2 is 2.19 bits per heavy atom. The third-order valence-corrected chi connectivity index (χ3v) is 4.10. The Bertz CT molecular complexity index is 509. The number of amides is 1. The lowest BCUT2D eigenvalue weighted by molar-refractivity contribution is -0.137. The van der Waals surface area contributed by atoms with Crippen LogP contribution in [-0.4, -0.2) is 37.1 Å². The van der Waals surface area contributed by atoms with Crippen molar-refractivity contribution in [3.05, 3.63) is 35.9 Å². The minimum Gasteiger partial charge on any atom is -0.384 e. The highest BCUT2D eigenvalue weighted by molar-refractivity contribution is 5.79. The first-order valence-electron chi connectivity index (χ1n) is 7.43. The number of hydrogen-bond donors (Lipinski definition) is 0. The summed E-state index contributed by atoms with van der Waals surface area (Å²) in [5.74, 6) is -0.325. The van der Waals surface area contributed by atoms with Gasteiger partial charge in [0.2, 0.25) is 5.91 Å². The molecule has 1 aromatic rings. The fourth-order valence-corrected chi connectivity index (χ4v) is 3.06. The van der Waals surface area contributed by atoms with E-state index in [2.05, 4.69) is 6.07 Å². The van der Waals surface area contributed by atoms with E-state index in [0.717, 1.165) is 24.9 Å². The predicted molar refractivity (Wildman–Crippen MR) is 80.6 cm³/mol. The van der Waals surface area contributed by atoms with Crippen LogP contribution in [0.3, 0.4) is 0 Å². The highest BCUT2D eigenvalue weighted by Crippen LogP contribution is 2.31. The minimum atomic E-state index is -0.257. The van der Waals surface area contributed by atoms with Gasteiger partial charge in [-0.2, -0.15) is 5.26 Å². The van der Waals surface area contributed by atoms with E-state index in [1.807, 2.05) is 42.2 Å². The maximum absolute atomic E-state index is 12.5. The SMILES string of the molecule is COCC(C)C(=O)N1CCCC1C(C#N)c1ccccc1. The molecule has 0 bridgehead atoms. The second kappa shape index (κ2) is 7.24. The lowest BCUT2D eigenvalue weighted by atomic mass is 9.91. The molecule has 0 saturated carbocycles. The van der Waals surface area contributed by atoms with Crippen molar-refractivity contribution < 1.29 is 9.53 Å². The number of carbonyl (C=O) groups excluding carboxylic acids is 1. The molecule has 1 heterocycles. The molecule has 3 atom stereocenters. The third kappa shape index (κ3) is 3.43. The van der Waals surface area contributed by atoms with E-state index in [9.17, 15) is 10.1 Å². The van der Waals surface area contributed by atoms with E-state index in [0.29, 0.717) is 6.61 Å². The van der Waals surface area contributed by atoms with Crippen LogP contribution in [-0.2, 0) is 9.53 Å². The van der Waals surface area contributed by atoms with Crippen LogP contribution < -0.4 is 0 Å². The first kappa shape index (κ1) is 15.5. The van der Waals surface area contributed by atoms with Crippen molar-refractivity contribution in [2.45, 2.75) is 31.7 Å². The summed E-state index contributed by atoms with van der Waals surface area (Å²) in [5, 5.41) is 9.57. The zero-order valence-electron chi connectivity index (χ0n) is 12.7. The summed E-state index contributed by atoms with van der Waals surface area (Å²) in [6.07, 6.45) is 1.85. The topological polar surface area (TPSA) is 53.3 Å². The first-order valence-corrected chi connectivity index (χ1v) is 7.43. The lowest BCUT2D eigenvalue weighted by Gasteiger charge is -2.30. The summed E-state index contributed by atoms with van der Waals surface area (Å²) in [5.41, 5.74) is 0.990. The van der Waals surface area contributed by atoms with Gasteiger partial charge in [0.05, 0.1) is 30.6 Å². The molecule has 2 rings (SSSR count). The standard InChI is InChI=1S/C17H22N2O2/c1-13(12-21-2)17(20)19-10-6-9-16(19)15(11-18)14-7-4-3-5-8-14/h3-5,7-8,13,15-16H,6,9-10,12H2,1-2H3. The molecule has 1 aromatic carbocycles. The summed E-state index contributed by atoms with van der Waals surface area (Å²) < 4.78 is 5.08. The van der Waals surface area contributed by atoms with Crippen LogP contribution >= 0.6 is 0 Å². The van der Waals surface area contributed by atoms with Crippen molar-refractivity contribution in [3.8, 4) is 6.07 Å². The highest BCUT2D eigenvalue weighted by Gasteiger charge is 2.37. The number of hydrogen-bond acceptors (Lipinski definition) is 3. The Morgan fingerprint density at radius 3 is 2.81 bits per heavy atom. The fourth-order valence-electron chi connectivity index (χ4n) is 3.06. The van der Waals surface area contributed by atoms with E-state index in [-0.39, 0.29) is 23.8 Å². The molecule has 1 aliphatic rings. The van der Waals surface area contributed by atoms with Gasteiger partial charge in [0.15, 0.2) is 0 Å². The van der Waals surface area contributed by atoms with E-state index in [1.165, 1.54) is 0 Å². The molecule has 0 spiro atoms. The van der Waals surface area contributed by atoms with Crippen molar-refractivity contribution in [2.75, 3.05) is 20.3 Å². The van der Waals surface area contributed by atoms with Crippen LogP contribution in [0, 0.1) is 17.2 Å². The van der Waals surface area contributed by atoms with Gasteiger partial charge in [-0.1, -0.05) is 37.3 Å². The van der Waals surface area contributed by atoms with E-state index < -0.39 is 0 Å². The Morgan fingerprint density at radius 1 is 1.48 bits per heavy atom. The number of carbonyl (C=O) groups is 1. The molecule has 0 aromatic heterocycles.